The van der Waals surface area contributed by atoms with Crippen LogP contribution in [0.1, 0.15) is 13.8 Å². The van der Waals surface area contributed by atoms with Crippen LogP contribution in [0.4, 0.5) is 5.82 Å². The molecule has 0 radical (unpaired) electrons. The van der Waals surface area contributed by atoms with E-state index < -0.39 is 0 Å². The Kier molecular flexibility index (Phi) is 5.72. The molecule has 0 bridgehead atoms. The molecule has 0 aliphatic carbocycles. The molecule has 6 heteroatoms. The van der Waals surface area contributed by atoms with Gasteiger partial charge in [-0.15, -0.1) is 0 Å². The summed E-state index contributed by atoms with van der Waals surface area (Å²) in [4.78, 5) is 10.8. The second kappa shape index (κ2) is 7.55. The van der Waals surface area contributed by atoms with E-state index in [4.69, 9.17) is 4.74 Å². The van der Waals surface area contributed by atoms with Gasteiger partial charge < -0.3 is 10.1 Å². The molecule has 0 spiro atoms. The van der Waals surface area contributed by atoms with Gasteiger partial charge in [0, 0.05) is 43.8 Å². The predicted molar refractivity (Wildman–Crippen MR) is 80.1 cm³/mol. The van der Waals surface area contributed by atoms with Crippen LogP contribution in [0, 0.1) is 0 Å². The van der Waals surface area contributed by atoms with Crippen LogP contribution in [0.2, 0.25) is 0 Å². The van der Waals surface area contributed by atoms with Crippen molar-refractivity contribution in [3.05, 3.63) is 12.4 Å². The maximum atomic E-state index is 5.55. The van der Waals surface area contributed by atoms with Gasteiger partial charge in [0.2, 0.25) is 5.88 Å². The Morgan fingerprint density at radius 2 is 2.16 bits per heavy atom. The molecular weight excluding hydrogens is 260 g/mol. The van der Waals surface area contributed by atoms with Crippen molar-refractivity contribution in [1.82, 2.24) is 14.9 Å². The quantitative estimate of drug-likeness (QED) is 0.857. The van der Waals surface area contributed by atoms with Crippen molar-refractivity contribution in [2.45, 2.75) is 20.0 Å². The van der Waals surface area contributed by atoms with Crippen LogP contribution in [-0.2, 0) is 0 Å². The summed E-state index contributed by atoms with van der Waals surface area (Å²) in [5, 5.41) is 3.33. The molecule has 0 amide bonds. The zero-order valence-corrected chi connectivity index (χ0v) is 12.4. The van der Waals surface area contributed by atoms with E-state index in [0.717, 1.165) is 18.9 Å². The van der Waals surface area contributed by atoms with Crippen LogP contribution < -0.4 is 10.1 Å². The fourth-order valence-corrected chi connectivity index (χ4v) is 2.89. The maximum absolute atomic E-state index is 5.55. The molecule has 1 aliphatic rings. The van der Waals surface area contributed by atoms with Crippen molar-refractivity contribution < 1.29 is 4.74 Å². The van der Waals surface area contributed by atoms with E-state index in [9.17, 15) is 0 Å². The molecule has 2 heterocycles. The molecule has 5 nitrogen and oxygen atoms in total. The lowest BCUT2D eigenvalue weighted by Crippen LogP contribution is -2.36. The van der Waals surface area contributed by atoms with Crippen molar-refractivity contribution in [3.8, 4) is 5.88 Å². The zero-order chi connectivity index (χ0) is 13.5. The maximum Gasteiger partial charge on any atom is 0.218 e. The normalized spacial score (nSPS) is 16.6. The number of hydrogen-bond acceptors (Lipinski definition) is 6. The number of hydrogen-bond donors (Lipinski definition) is 1. The number of thioether (sulfide) groups is 1. The first-order chi connectivity index (χ1) is 9.24. The van der Waals surface area contributed by atoms with Crippen LogP contribution >= 0.6 is 11.8 Å². The summed E-state index contributed by atoms with van der Waals surface area (Å²) < 4.78 is 5.55. The highest BCUT2D eigenvalue weighted by atomic mass is 32.2. The fraction of sp³-hybridized carbons (Fsp3) is 0.692. The average Bonchev–Trinajstić information content (AvgIpc) is 2.40. The molecule has 1 aromatic rings. The lowest BCUT2D eigenvalue weighted by atomic mass is 10.4. The molecule has 2 rings (SSSR count). The van der Waals surface area contributed by atoms with Crippen molar-refractivity contribution in [2.24, 2.45) is 0 Å². The monoisotopic (exact) mass is 282 g/mol. The molecule has 0 aromatic carbocycles. The summed E-state index contributed by atoms with van der Waals surface area (Å²) >= 11 is 2.04. The van der Waals surface area contributed by atoms with Gasteiger partial charge in [-0.1, -0.05) is 0 Å². The topological polar surface area (TPSA) is 50.3 Å². The van der Waals surface area contributed by atoms with E-state index in [2.05, 4.69) is 20.2 Å². The summed E-state index contributed by atoms with van der Waals surface area (Å²) in [6, 6.07) is 1.85. The first-order valence-electron chi connectivity index (χ1n) is 6.77. The van der Waals surface area contributed by atoms with Crippen molar-refractivity contribution in [3.63, 3.8) is 0 Å². The number of rotatable bonds is 6. The van der Waals surface area contributed by atoms with Gasteiger partial charge in [0.25, 0.3) is 0 Å². The molecule has 106 valence electrons. The summed E-state index contributed by atoms with van der Waals surface area (Å²) in [7, 11) is 0. The van der Waals surface area contributed by atoms with Crippen LogP contribution in [0.25, 0.3) is 0 Å². The van der Waals surface area contributed by atoms with E-state index >= 15 is 0 Å². The SMILES string of the molecule is CC(C)Oc1cc(NCCN2CCSCC2)ncn1. The molecule has 1 N–H and O–H groups in total. The fourth-order valence-electron chi connectivity index (χ4n) is 1.91. The van der Waals surface area contributed by atoms with Crippen LogP contribution in [-0.4, -0.2) is 58.7 Å². The molecule has 19 heavy (non-hydrogen) atoms. The molecular formula is C13H22N4OS. The van der Waals surface area contributed by atoms with Gasteiger partial charge in [-0.25, -0.2) is 9.97 Å². The molecule has 1 fully saturated rings. The zero-order valence-electron chi connectivity index (χ0n) is 11.6. The molecule has 0 saturated carbocycles. The van der Waals surface area contributed by atoms with Gasteiger partial charge in [-0.05, 0) is 13.8 Å². The van der Waals surface area contributed by atoms with Crippen LogP contribution in [0.5, 0.6) is 5.88 Å². The Bertz CT molecular complexity index is 383. The van der Waals surface area contributed by atoms with Gasteiger partial charge in [0.05, 0.1) is 6.10 Å². The van der Waals surface area contributed by atoms with Crippen molar-refractivity contribution in [1.29, 1.82) is 0 Å². The lowest BCUT2D eigenvalue weighted by Gasteiger charge is -2.26. The standard InChI is InChI=1S/C13H22N4OS/c1-11(2)18-13-9-12(15-10-16-13)14-3-4-17-5-7-19-8-6-17/h9-11H,3-8H2,1-2H3,(H,14,15,16). The van der Waals surface area contributed by atoms with E-state index in [0.29, 0.717) is 5.88 Å². The molecule has 1 saturated heterocycles. The first kappa shape index (κ1) is 14.4. The molecule has 1 aromatic heterocycles. The van der Waals surface area contributed by atoms with Gasteiger partial charge in [-0.2, -0.15) is 11.8 Å². The van der Waals surface area contributed by atoms with Crippen molar-refractivity contribution >= 4 is 17.6 Å². The number of nitrogens with zero attached hydrogens (tertiary/aromatic N) is 3. The minimum absolute atomic E-state index is 0.133. The predicted octanol–water partition coefficient (Wildman–Crippen LogP) is 1.72. The second-order valence-electron chi connectivity index (χ2n) is 4.79. The van der Waals surface area contributed by atoms with E-state index in [1.807, 2.05) is 31.7 Å². The largest absolute Gasteiger partial charge is 0.475 e. The number of anilines is 1. The Labute approximate surface area is 119 Å². The summed E-state index contributed by atoms with van der Waals surface area (Å²) in [6.45, 7) is 8.33. The second-order valence-corrected chi connectivity index (χ2v) is 6.01. The van der Waals surface area contributed by atoms with E-state index in [1.165, 1.54) is 30.9 Å². The third-order valence-corrected chi connectivity index (χ3v) is 3.78. The van der Waals surface area contributed by atoms with Crippen molar-refractivity contribution in [2.75, 3.05) is 43.0 Å². The number of nitrogens with one attached hydrogen (secondary N) is 1. The number of ether oxygens (including phenoxy) is 1. The third kappa shape index (κ3) is 5.24. The van der Waals surface area contributed by atoms with Gasteiger partial charge in [0.1, 0.15) is 12.1 Å². The lowest BCUT2D eigenvalue weighted by molar-refractivity contribution is 0.232. The van der Waals surface area contributed by atoms with Crippen LogP contribution in [0.3, 0.4) is 0 Å². The number of aromatic nitrogens is 2. The smallest absolute Gasteiger partial charge is 0.218 e. The molecule has 0 unspecified atom stereocenters. The molecule has 0 atom stereocenters. The highest BCUT2D eigenvalue weighted by molar-refractivity contribution is 7.99. The summed E-state index contributed by atoms with van der Waals surface area (Å²) in [5.41, 5.74) is 0. The minimum atomic E-state index is 0.133. The van der Waals surface area contributed by atoms with Gasteiger partial charge in [-0.3, -0.25) is 4.90 Å². The summed E-state index contributed by atoms with van der Waals surface area (Å²) in [6.07, 6.45) is 1.67. The van der Waals surface area contributed by atoms with Gasteiger partial charge >= 0.3 is 0 Å². The van der Waals surface area contributed by atoms with Gasteiger partial charge in [0.15, 0.2) is 0 Å². The first-order valence-corrected chi connectivity index (χ1v) is 7.92. The Hall–Kier alpha value is -1.01. The average molecular weight is 282 g/mol. The van der Waals surface area contributed by atoms with E-state index in [-0.39, 0.29) is 6.10 Å². The van der Waals surface area contributed by atoms with Crippen LogP contribution in [0.15, 0.2) is 12.4 Å². The highest BCUT2D eigenvalue weighted by Crippen LogP contribution is 2.12. The minimum Gasteiger partial charge on any atom is -0.475 e. The molecule has 1 aliphatic heterocycles. The van der Waals surface area contributed by atoms with E-state index in [1.54, 1.807) is 0 Å². The summed E-state index contributed by atoms with van der Waals surface area (Å²) in [5.74, 6) is 3.96. The third-order valence-electron chi connectivity index (χ3n) is 2.84. The Balaban J connectivity index is 1.75. The Morgan fingerprint density at radius 3 is 2.89 bits per heavy atom. The Morgan fingerprint density at radius 1 is 1.37 bits per heavy atom. The highest BCUT2D eigenvalue weighted by Gasteiger charge is 2.09.